The van der Waals surface area contributed by atoms with Gasteiger partial charge in [-0.1, -0.05) is 41.5 Å². The van der Waals surface area contributed by atoms with Crippen molar-refractivity contribution in [1.82, 2.24) is 4.90 Å². The summed E-state index contributed by atoms with van der Waals surface area (Å²) in [4.78, 5) is 14.7. The zero-order chi connectivity index (χ0) is 13.4. The van der Waals surface area contributed by atoms with E-state index in [9.17, 15) is 4.79 Å². The number of hydrogen-bond acceptors (Lipinski definition) is 1. The zero-order valence-corrected chi connectivity index (χ0v) is 12.6. The molecule has 100 valence electrons. The smallest absolute Gasteiger partial charge is 0.228 e. The molecule has 1 amide bonds. The number of rotatable bonds is 3. The van der Waals surface area contributed by atoms with E-state index < -0.39 is 0 Å². The molecule has 1 aliphatic rings. The topological polar surface area (TPSA) is 20.3 Å². The number of carbonyl (C=O) groups excluding carboxylic acids is 1. The van der Waals surface area contributed by atoms with Crippen LogP contribution in [0.25, 0.3) is 0 Å². The highest BCUT2D eigenvalue weighted by atomic mass is 16.2. The second kappa shape index (κ2) is 4.62. The fourth-order valence-corrected chi connectivity index (χ4v) is 1.89. The first-order chi connectivity index (χ1) is 7.53. The van der Waals surface area contributed by atoms with Crippen LogP contribution in [0.4, 0.5) is 0 Å². The summed E-state index contributed by atoms with van der Waals surface area (Å²) in [7, 11) is 0. The molecule has 0 aliphatic heterocycles. The maximum absolute atomic E-state index is 12.5. The fourth-order valence-electron chi connectivity index (χ4n) is 1.89. The molecule has 0 radical (unpaired) electrons. The van der Waals surface area contributed by atoms with Crippen molar-refractivity contribution in [2.75, 3.05) is 6.54 Å². The highest BCUT2D eigenvalue weighted by Crippen LogP contribution is 2.35. The lowest BCUT2D eigenvalue weighted by Crippen LogP contribution is -2.50. The molecule has 1 aliphatic carbocycles. The van der Waals surface area contributed by atoms with Crippen LogP contribution in [0, 0.1) is 16.7 Å². The third-order valence-electron chi connectivity index (χ3n) is 3.78. The zero-order valence-electron chi connectivity index (χ0n) is 12.6. The van der Waals surface area contributed by atoms with Crippen molar-refractivity contribution in [3.05, 3.63) is 0 Å². The van der Waals surface area contributed by atoms with Gasteiger partial charge in [0.25, 0.3) is 0 Å². The predicted molar refractivity (Wildman–Crippen MR) is 72.8 cm³/mol. The van der Waals surface area contributed by atoms with Crippen LogP contribution in [0.1, 0.15) is 61.3 Å². The number of amides is 1. The molecule has 0 aromatic carbocycles. The molecule has 2 nitrogen and oxygen atoms in total. The minimum absolute atomic E-state index is 0.149. The summed E-state index contributed by atoms with van der Waals surface area (Å²) in [5.41, 5.74) is -0.121. The lowest BCUT2D eigenvalue weighted by molar-refractivity contribution is -0.144. The van der Waals surface area contributed by atoms with Crippen LogP contribution in [-0.2, 0) is 4.79 Å². The van der Waals surface area contributed by atoms with Crippen LogP contribution < -0.4 is 0 Å². The van der Waals surface area contributed by atoms with E-state index in [4.69, 9.17) is 0 Å². The fraction of sp³-hybridized carbons (Fsp3) is 0.933. The summed E-state index contributed by atoms with van der Waals surface area (Å²) in [6.45, 7) is 15.8. The van der Waals surface area contributed by atoms with E-state index in [-0.39, 0.29) is 10.8 Å². The molecule has 17 heavy (non-hydrogen) atoms. The molecule has 0 heterocycles. The average molecular weight is 239 g/mol. The van der Waals surface area contributed by atoms with Crippen LogP contribution in [-0.4, -0.2) is 23.4 Å². The molecule has 2 heteroatoms. The van der Waals surface area contributed by atoms with Crippen LogP contribution in [0.5, 0.6) is 0 Å². The molecule has 0 N–H and O–H groups in total. The first-order valence-corrected chi connectivity index (χ1v) is 6.84. The Balaban J connectivity index is 2.83. The second-order valence-corrected chi connectivity index (χ2v) is 7.69. The molecule has 1 atom stereocenters. The Bertz CT molecular complexity index is 278. The van der Waals surface area contributed by atoms with Gasteiger partial charge in [0.2, 0.25) is 5.91 Å². The van der Waals surface area contributed by atoms with E-state index >= 15 is 0 Å². The van der Waals surface area contributed by atoms with E-state index in [0.29, 0.717) is 11.9 Å². The predicted octanol–water partition coefficient (Wildman–Crippen LogP) is 3.71. The van der Waals surface area contributed by atoms with E-state index in [2.05, 4.69) is 32.6 Å². The molecule has 1 rings (SSSR count). The standard InChI is InChI=1S/C15H29NO/c1-11(14(2,3)4)16(10-12-8-9-12)13(17)15(5,6)7/h11-12H,8-10H2,1-7H3/t11-/m1/s1. The Labute approximate surface area is 107 Å². The molecule has 1 fully saturated rings. The van der Waals surface area contributed by atoms with Crippen molar-refractivity contribution in [2.45, 2.75) is 67.3 Å². The molecule has 0 unspecified atom stereocenters. The minimum atomic E-state index is -0.269. The first kappa shape index (κ1) is 14.5. The summed E-state index contributed by atoms with van der Waals surface area (Å²) in [5, 5.41) is 0. The lowest BCUT2D eigenvalue weighted by atomic mass is 9.84. The third-order valence-corrected chi connectivity index (χ3v) is 3.78. The molecular formula is C15H29NO. The Hall–Kier alpha value is -0.530. The Kier molecular flexibility index (Phi) is 3.95. The van der Waals surface area contributed by atoms with E-state index in [1.54, 1.807) is 0 Å². The van der Waals surface area contributed by atoms with Gasteiger partial charge >= 0.3 is 0 Å². The Morgan fingerprint density at radius 2 is 1.65 bits per heavy atom. The van der Waals surface area contributed by atoms with Crippen molar-refractivity contribution in [1.29, 1.82) is 0 Å². The van der Waals surface area contributed by atoms with Gasteiger partial charge in [-0.2, -0.15) is 0 Å². The largest absolute Gasteiger partial charge is 0.339 e. The van der Waals surface area contributed by atoms with Crippen molar-refractivity contribution in [3.63, 3.8) is 0 Å². The van der Waals surface area contributed by atoms with Crippen LogP contribution in [0.2, 0.25) is 0 Å². The summed E-state index contributed by atoms with van der Waals surface area (Å²) >= 11 is 0. The maximum atomic E-state index is 12.5. The summed E-state index contributed by atoms with van der Waals surface area (Å²) in [6.07, 6.45) is 2.59. The van der Waals surface area contributed by atoms with E-state index in [1.165, 1.54) is 12.8 Å². The van der Waals surface area contributed by atoms with Gasteiger partial charge in [-0.05, 0) is 31.1 Å². The average Bonchev–Trinajstić information content (AvgIpc) is 2.92. The Morgan fingerprint density at radius 3 is 1.94 bits per heavy atom. The highest BCUT2D eigenvalue weighted by molar-refractivity contribution is 5.82. The van der Waals surface area contributed by atoms with Crippen LogP contribution in [0.3, 0.4) is 0 Å². The van der Waals surface area contributed by atoms with Crippen molar-refractivity contribution in [3.8, 4) is 0 Å². The van der Waals surface area contributed by atoms with Gasteiger partial charge in [-0.15, -0.1) is 0 Å². The van der Waals surface area contributed by atoms with Crippen LogP contribution in [0.15, 0.2) is 0 Å². The van der Waals surface area contributed by atoms with Crippen molar-refractivity contribution in [2.24, 2.45) is 16.7 Å². The molecule has 0 aromatic heterocycles. The van der Waals surface area contributed by atoms with Crippen LogP contribution >= 0.6 is 0 Å². The summed E-state index contributed by atoms with van der Waals surface area (Å²) < 4.78 is 0. The minimum Gasteiger partial charge on any atom is -0.339 e. The molecule has 0 saturated heterocycles. The number of hydrogen-bond donors (Lipinski definition) is 0. The van der Waals surface area contributed by atoms with E-state index in [1.807, 2.05) is 20.8 Å². The van der Waals surface area contributed by atoms with Gasteiger partial charge in [-0.3, -0.25) is 4.79 Å². The maximum Gasteiger partial charge on any atom is 0.228 e. The first-order valence-electron chi connectivity index (χ1n) is 6.84. The van der Waals surface area contributed by atoms with Gasteiger partial charge in [0.05, 0.1) is 0 Å². The SMILES string of the molecule is C[C@@H](N(CC1CC1)C(=O)C(C)(C)C)C(C)(C)C. The summed E-state index contributed by atoms with van der Waals surface area (Å²) in [5.74, 6) is 1.05. The van der Waals surface area contributed by atoms with Gasteiger partial charge < -0.3 is 4.90 Å². The van der Waals surface area contributed by atoms with Crippen molar-refractivity contribution < 1.29 is 4.79 Å². The van der Waals surface area contributed by atoms with Gasteiger partial charge in [-0.25, -0.2) is 0 Å². The molecule has 1 saturated carbocycles. The van der Waals surface area contributed by atoms with Crippen molar-refractivity contribution >= 4 is 5.91 Å². The van der Waals surface area contributed by atoms with Gasteiger partial charge in [0.1, 0.15) is 0 Å². The monoisotopic (exact) mass is 239 g/mol. The van der Waals surface area contributed by atoms with Gasteiger partial charge in [0, 0.05) is 18.0 Å². The lowest BCUT2D eigenvalue weighted by Gasteiger charge is -2.41. The van der Waals surface area contributed by atoms with E-state index in [0.717, 1.165) is 12.5 Å². The third kappa shape index (κ3) is 4.01. The molecule has 0 bridgehead atoms. The number of nitrogens with zero attached hydrogens (tertiary/aromatic N) is 1. The molecule has 0 spiro atoms. The molecular weight excluding hydrogens is 210 g/mol. The Morgan fingerprint density at radius 1 is 1.18 bits per heavy atom. The highest BCUT2D eigenvalue weighted by Gasteiger charge is 2.37. The second-order valence-electron chi connectivity index (χ2n) is 7.69. The number of carbonyl (C=O) groups is 1. The summed E-state index contributed by atoms with van der Waals surface area (Å²) in [6, 6.07) is 0.301. The van der Waals surface area contributed by atoms with Gasteiger partial charge in [0.15, 0.2) is 0 Å². The quantitative estimate of drug-likeness (QED) is 0.735. The molecule has 0 aromatic rings. The normalized spacial score (nSPS) is 19.0.